The smallest absolute Gasteiger partial charge is 0.225 e. The maximum Gasteiger partial charge on any atom is 0.225 e. The molecule has 1 aromatic rings. The Hall–Kier alpha value is -0.990. The Kier molecular flexibility index (Phi) is 0.970. The van der Waals surface area contributed by atoms with Crippen molar-refractivity contribution in [1.29, 1.82) is 0 Å². The molecule has 1 heterocycles. The Morgan fingerprint density at radius 3 is 2.50 bits per heavy atom. The van der Waals surface area contributed by atoms with Crippen LogP contribution < -0.4 is 0 Å². The summed E-state index contributed by atoms with van der Waals surface area (Å²) in [6.07, 6.45) is 0. The molecule has 0 aliphatic carbocycles. The molecule has 8 heavy (non-hydrogen) atoms. The number of nitrogens with one attached hydrogen (secondary N) is 1. The molecule has 1 rings (SSSR count). The van der Waals surface area contributed by atoms with Gasteiger partial charge in [-0.3, -0.25) is 0 Å². The van der Waals surface area contributed by atoms with Crippen LogP contribution in [-0.2, 0) is 0 Å². The highest BCUT2D eigenvalue weighted by Gasteiger charge is 1.99. The molecule has 1 aromatic heterocycles. The van der Waals surface area contributed by atoms with Crippen molar-refractivity contribution in [3.05, 3.63) is 17.6 Å². The molecule has 0 aromatic carbocycles. The molecule has 0 saturated heterocycles. The fourth-order valence-electron chi connectivity index (χ4n) is 0.541. The number of hydrogen-bond acceptors (Lipinski definition) is 1. The summed E-state index contributed by atoms with van der Waals surface area (Å²) in [5, 5.41) is 8.51. The van der Waals surface area contributed by atoms with Crippen LogP contribution in [0, 0.1) is 12.7 Å². The quantitative estimate of drug-likeness (QED) is 0.523. The van der Waals surface area contributed by atoms with Gasteiger partial charge in [0.1, 0.15) is 0 Å². The maximum atomic E-state index is 12.1. The van der Waals surface area contributed by atoms with Gasteiger partial charge >= 0.3 is 0 Å². The monoisotopic (exact) mass is 115 g/mol. The molecule has 0 atom stereocenters. The van der Waals surface area contributed by atoms with Crippen LogP contribution >= 0.6 is 0 Å². The van der Waals surface area contributed by atoms with Crippen molar-refractivity contribution in [2.24, 2.45) is 0 Å². The van der Waals surface area contributed by atoms with Crippen molar-refractivity contribution in [1.82, 2.24) is 4.98 Å². The van der Waals surface area contributed by atoms with Crippen molar-refractivity contribution in [3.63, 3.8) is 0 Å². The molecule has 2 N–H and O–H groups in total. The van der Waals surface area contributed by atoms with E-state index in [0.29, 0.717) is 5.69 Å². The van der Waals surface area contributed by atoms with Crippen LogP contribution in [0.2, 0.25) is 0 Å². The standard InChI is InChI=1S/C5H6FNO/c1-3-2-4(6)5(8)7-3/h2,7-8H,1H3. The largest absolute Gasteiger partial charge is 0.493 e. The van der Waals surface area contributed by atoms with E-state index in [1.807, 2.05) is 0 Å². The Labute approximate surface area is 46.0 Å². The van der Waals surface area contributed by atoms with E-state index < -0.39 is 5.82 Å². The lowest BCUT2D eigenvalue weighted by Crippen LogP contribution is -1.64. The third-order valence-electron chi connectivity index (χ3n) is 0.885. The lowest BCUT2D eigenvalue weighted by molar-refractivity contribution is 0.418. The van der Waals surface area contributed by atoms with Crippen LogP contribution in [0.4, 0.5) is 4.39 Å². The van der Waals surface area contributed by atoms with Crippen LogP contribution in [-0.4, -0.2) is 10.1 Å². The number of halogens is 1. The number of aromatic hydroxyl groups is 1. The molecule has 0 spiro atoms. The highest BCUT2D eigenvalue weighted by molar-refractivity contribution is 5.17. The van der Waals surface area contributed by atoms with Gasteiger partial charge in [-0.1, -0.05) is 0 Å². The van der Waals surface area contributed by atoms with Crippen molar-refractivity contribution in [3.8, 4) is 5.88 Å². The predicted octanol–water partition coefficient (Wildman–Crippen LogP) is 1.17. The Morgan fingerprint density at radius 2 is 2.38 bits per heavy atom. The summed E-state index contributed by atoms with van der Waals surface area (Å²) in [4.78, 5) is 2.39. The number of aromatic amines is 1. The number of hydrogen-bond donors (Lipinski definition) is 2. The highest BCUT2D eigenvalue weighted by Crippen LogP contribution is 2.12. The third kappa shape index (κ3) is 0.665. The highest BCUT2D eigenvalue weighted by atomic mass is 19.1. The summed E-state index contributed by atoms with van der Waals surface area (Å²) in [5.41, 5.74) is 0.625. The molecule has 0 bridgehead atoms. The first-order valence-corrected chi connectivity index (χ1v) is 2.24. The third-order valence-corrected chi connectivity index (χ3v) is 0.885. The molecule has 0 amide bonds. The second-order valence-corrected chi connectivity index (χ2v) is 1.65. The molecule has 0 unspecified atom stereocenters. The fourth-order valence-corrected chi connectivity index (χ4v) is 0.541. The minimum absolute atomic E-state index is 0.387. The molecule has 0 radical (unpaired) electrons. The van der Waals surface area contributed by atoms with Gasteiger partial charge in [0.2, 0.25) is 5.88 Å². The minimum Gasteiger partial charge on any atom is -0.493 e. The zero-order valence-electron chi connectivity index (χ0n) is 4.40. The van der Waals surface area contributed by atoms with Gasteiger partial charge in [-0.05, 0) is 13.0 Å². The lowest BCUT2D eigenvalue weighted by Gasteiger charge is -1.78. The molecule has 44 valence electrons. The van der Waals surface area contributed by atoms with Gasteiger partial charge in [0.25, 0.3) is 0 Å². The van der Waals surface area contributed by atoms with Crippen LogP contribution in [0.3, 0.4) is 0 Å². The Bertz CT molecular complexity index is 175. The Balaban J connectivity index is 3.14. The van der Waals surface area contributed by atoms with Crippen LogP contribution in [0.1, 0.15) is 5.69 Å². The first-order valence-electron chi connectivity index (χ1n) is 2.24. The maximum absolute atomic E-state index is 12.1. The topological polar surface area (TPSA) is 36.0 Å². The molecule has 0 fully saturated rings. The van der Waals surface area contributed by atoms with Gasteiger partial charge in [0, 0.05) is 5.69 Å². The average Bonchev–Trinajstić information content (AvgIpc) is 1.85. The number of aryl methyl sites for hydroxylation is 1. The van der Waals surface area contributed by atoms with E-state index in [1.54, 1.807) is 6.92 Å². The summed E-state index contributed by atoms with van der Waals surface area (Å²) >= 11 is 0. The van der Waals surface area contributed by atoms with Gasteiger partial charge in [-0.2, -0.15) is 0 Å². The van der Waals surface area contributed by atoms with Gasteiger partial charge in [0.15, 0.2) is 5.82 Å². The average molecular weight is 115 g/mol. The van der Waals surface area contributed by atoms with Crippen LogP contribution in [0.15, 0.2) is 6.07 Å². The summed E-state index contributed by atoms with van der Waals surface area (Å²) in [6.45, 7) is 1.67. The van der Waals surface area contributed by atoms with Crippen molar-refractivity contribution < 1.29 is 9.50 Å². The van der Waals surface area contributed by atoms with Gasteiger partial charge in [-0.15, -0.1) is 0 Å². The SMILES string of the molecule is Cc1cc(F)c(O)[nH]1. The van der Waals surface area contributed by atoms with E-state index in [-0.39, 0.29) is 5.88 Å². The number of H-pyrrole nitrogens is 1. The molecule has 0 aliphatic heterocycles. The van der Waals surface area contributed by atoms with Crippen LogP contribution in [0.25, 0.3) is 0 Å². The summed E-state index contributed by atoms with van der Waals surface area (Å²) in [6, 6.07) is 1.23. The lowest BCUT2D eigenvalue weighted by atomic mass is 10.5. The number of aromatic nitrogens is 1. The van der Waals surface area contributed by atoms with Gasteiger partial charge < -0.3 is 10.1 Å². The molecule has 3 heteroatoms. The van der Waals surface area contributed by atoms with E-state index >= 15 is 0 Å². The molecule has 2 nitrogen and oxygen atoms in total. The predicted molar refractivity (Wildman–Crippen MR) is 27.2 cm³/mol. The minimum atomic E-state index is -0.595. The van der Waals surface area contributed by atoms with E-state index in [4.69, 9.17) is 5.11 Å². The second-order valence-electron chi connectivity index (χ2n) is 1.65. The normalized spacial score (nSPS) is 9.75. The Morgan fingerprint density at radius 1 is 1.75 bits per heavy atom. The molecular weight excluding hydrogens is 109 g/mol. The van der Waals surface area contributed by atoms with E-state index in [2.05, 4.69) is 4.98 Å². The summed E-state index contributed by atoms with van der Waals surface area (Å²) < 4.78 is 12.1. The van der Waals surface area contributed by atoms with Crippen molar-refractivity contribution in [2.75, 3.05) is 0 Å². The van der Waals surface area contributed by atoms with Gasteiger partial charge in [0.05, 0.1) is 0 Å². The van der Waals surface area contributed by atoms with E-state index in [9.17, 15) is 4.39 Å². The first-order chi connectivity index (χ1) is 3.70. The van der Waals surface area contributed by atoms with Crippen molar-refractivity contribution >= 4 is 0 Å². The van der Waals surface area contributed by atoms with E-state index in [0.717, 1.165) is 0 Å². The van der Waals surface area contributed by atoms with Crippen molar-refractivity contribution in [2.45, 2.75) is 6.92 Å². The van der Waals surface area contributed by atoms with Crippen LogP contribution in [0.5, 0.6) is 5.88 Å². The summed E-state index contributed by atoms with van der Waals surface area (Å²) in [7, 11) is 0. The zero-order chi connectivity index (χ0) is 6.15. The van der Waals surface area contributed by atoms with Gasteiger partial charge in [-0.25, -0.2) is 4.39 Å². The first kappa shape index (κ1) is 5.15. The second kappa shape index (κ2) is 1.51. The zero-order valence-corrected chi connectivity index (χ0v) is 4.40. The molecule has 0 saturated carbocycles. The number of rotatable bonds is 0. The fraction of sp³-hybridized carbons (Fsp3) is 0.200. The molecular formula is C5H6FNO. The summed E-state index contributed by atoms with van der Waals surface area (Å²) in [5.74, 6) is -0.981. The van der Waals surface area contributed by atoms with E-state index in [1.165, 1.54) is 6.07 Å². The molecule has 0 aliphatic rings.